The van der Waals surface area contributed by atoms with E-state index in [4.69, 9.17) is 4.74 Å². The second kappa shape index (κ2) is 10.9. The van der Waals surface area contributed by atoms with Gasteiger partial charge in [-0.1, -0.05) is 44.2 Å². The van der Waals surface area contributed by atoms with Gasteiger partial charge < -0.3 is 20.7 Å². The molecule has 6 heteroatoms. The zero-order valence-corrected chi connectivity index (χ0v) is 16.2. The van der Waals surface area contributed by atoms with Crippen LogP contribution in [0.25, 0.3) is 0 Å². The average molecular weight is 368 g/mol. The summed E-state index contributed by atoms with van der Waals surface area (Å²) in [6.07, 6.45) is 0. The topological polar surface area (TPSA) is 74.8 Å². The van der Waals surface area contributed by atoms with Gasteiger partial charge in [0.25, 0.3) is 0 Å². The number of nitrogens with one attached hydrogen (secondary N) is 3. The minimum Gasteiger partial charge on any atom is -0.492 e. The van der Waals surface area contributed by atoms with E-state index in [0.29, 0.717) is 25.7 Å². The summed E-state index contributed by atoms with van der Waals surface area (Å²) in [6, 6.07) is 17.5. The number of carbonyl (C=O) groups is 1. The summed E-state index contributed by atoms with van der Waals surface area (Å²) in [5, 5.41) is 9.36. The van der Waals surface area contributed by atoms with E-state index >= 15 is 0 Å². The molecule has 0 aliphatic rings. The van der Waals surface area contributed by atoms with Crippen LogP contribution in [0, 0.1) is 5.92 Å². The molecule has 0 aliphatic carbocycles. The van der Waals surface area contributed by atoms with Gasteiger partial charge in [-0.15, -0.1) is 0 Å². The van der Waals surface area contributed by atoms with Crippen molar-refractivity contribution in [3.8, 4) is 5.75 Å². The lowest BCUT2D eigenvalue weighted by Gasteiger charge is -2.13. The first kappa shape index (κ1) is 20.3. The maximum atomic E-state index is 11.7. The molecule has 144 valence electrons. The first-order valence-electron chi connectivity index (χ1n) is 9.10. The van der Waals surface area contributed by atoms with Gasteiger partial charge in [-0.25, -0.2) is 0 Å². The Balaban J connectivity index is 1.71. The van der Waals surface area contributed by atoms with Crippen LogP contribution in [0.15, 0.2) is 59.6 Å². The minimum atomic E-state index is -0.0355. The molecule has 2 aromatic carbocycles. The zero-order valence-electron chi connectivity index (χ0n) is 16.2. The van der Waals surface area contributed by atoms with E-state index in [1.807, 2.05) is 68.4 Å². The van der Waals surface area contributed by atoms with Crippen LogP contribution in [0.2, 0.25) is 0 Å². The summed E-state index contributed by atoms with van der Waals surface area (Å²) in [4.78, 5) is 15.9. The smallest absolute Gasteiger partial charge is 0.226 e. The van der Waals surface area contributed by atoms with E-state index in [0.717, 1.165) is 17.0 Å². The van der Waals surface area contributed by atoms with Crippen LogP contribution < -0.4 is 20.7 Å². The van der Waals surface area contributed by atoms with E-state index in [9.17, 15) is 4.79 Å². The molecule has 0 spiro atoms. The standard InChI is InChI=1S/C21H28N4O2/c1-16(2)20(26)25-18-11-9-17(10-12-18)15-24-21(22-3)23-13-14-27-19-7-5-4-6-8-19/h4-12,16H,13-15H2,1-3H3,(H,25,26)(H2,22,23,24). The number of rotatable bonds is 8. The van der Waals surface area contributed by atoms with Gasteiger partial charge in [0.15, 0.2) is 5.96 Å². The summed E-state index contributed by atoms with van der Waals surface area (Å²) in [5.41, 5.74) is 1.90. The van der Waals surface area contributed by atoms with Gasteiger partial charge in [-0.2, -0.15) is 0 Å². The number of para-hydroxylation sites is 1. The normalized spacial score (nSPS) is 11.2. The third-order valence-electron chi connectivity index (χ3n) is 3.84. The molecule has 2 aromatic rings. The summed E-state index contributed by atoms with van der Waals surface area (Å²) >= 11 is 0. The van der Waals surface area contributed by atoms with Gasteiger partial charge in [0, 0.05) is 25.2 Å². The number of amides is 1. The molecule has 0 radical (unpaired) electrons. The number of anilines is 1. The van der Waals surface area contributed by atoms with Crippen LogP contribution >= 0.6 is 0 Å². The average Bonchev–Trinajstić information content (AvgIpc) is 2.69. The number of guanidine groups is 1. The van der Waals surface area contributed by atoms with Crippen molar-refractivity contribution in [1.82, 2.24) is 10.6 Å². The summed E-state index contributed by atoms with van der Waals surface area (Å²) in [6.45, 7) is 5.58. The van der Waals surface area contributed by atoms with Crippen LogP contribution in [0.5, 0.6) is 5.75 Å². The third kappa shape index (κ3) is 7.40. The third-order valence-corrected chi connectivity index (χ3v) is 3.84. The SMILES string of the molecule is CN=C(NCCOc1ccccc1)NCc1ccc(NC(=O)C(C)C)cc1. The van der Waals surface area contributed by atoms with E-state index in [1.54, 1.807) is 7.05 Å². The Bertz CT molecular complexity index is 728. The predicted molar refractivity (Wildman–Crippen MR) is 110 cm³/mol. The van der Waals surface area contributed by atoms with Crippen LogP contribution in [0.1, 0.15) is 19.4 Å². The molecule has 0 heterocycles. The van der Waals surface area contributed by atoms with Crippen LogP contribution in [0.3, 0.4) is 0 Å². The van der Waals surface area contributed by atoms with Crippen molar-refractivity contribution < 1.29 is 9.53 Å². The van der Waals surface area contributed by atoms with Crippen molar-refractivity contribution in [2.75, 3.05) is 25.5 Å². The highest BCUT2D eigenvalue weighted by molar-refractivity contribution is 5.92. The first-order valence-corrected chi connectivity index (χ1v) is 9.10. The Morgan fingerprint density at radius 1 is 1.04 bits per heavy atom. The minimum absolute atomic E-state index is 0.0169. The number of nitrogens with zero attached hydrogens (tertiary/aromatic N) is 1. The molecule has 0 aromatic heterocycles. The van der Waals surface area contributed by atoms with E-state index in [-0.39, 0.29) is 11.8 Å². The lowest BCUT2D eigenvalue weighted by molar-refractivity contribution is -0.118. The van der Waals surface area contributed by atoms with Gasteiger partial charge in [0.05, 0.1) is 6.54 Å². The Labute approximate surface area is 161 Å². The number of carbonyl (C=O) groups excluding carboxylic acids is 1. The fraction of sp³-hybridized carbons (Fsp3) is 0.333. The van der Waals surface area contributed by atoms with Crippen molar-refractivity contribution in [1.29, 1.82) is 0 Å². The van der Waals surface area contributed by atoms with Crippen molar-refractivity contribution in [3.05, 3.63) is 60.2 Å². The molecule has 0 bridgehead atoms. The number of hydrogen-bond acceptors (Lipinski definition) is 3. The molecular weight excluding hydrogens is 340 g/mol. The van der Waals surface area contributed by atoms with Crippen molar-refractivity contribution in [2.24, 2.45) is 10.9 Å². The highest BCUT2D eigenvalue weighted by Crippen LogP contribution is 2.11. The van der Waals surface area contributed by atoms with Gasteiger partial charge in [0.1, 0.15) is 12.4 Å². The molecule has 0 saturated heterocycles. The van der Waals surface area contributed by atoms with E-state index in [2.05, 4.69) is 20.9 Å². The number of ether oxygens (including phenoxy) is 1. The molecule has 0 unspecified atom stereocenters. The molecule has 0 atom stereocenters. The molecule has 1 amide bonds. The van der Waals surface area contributed by atoms with Gasteiger partial charge in [-0.3, -0.25) is 9.79 Å². The van der Waals surface area contributed by atoms with Crippen LogP contribution in [-0.4, -0.2) is 32.1 Å². The predicted octanol–water partition coefficient (Wildman–Crippen LogP) is 3.03. The Morgan fingerprint density at radius 2 is 1.74 bits per heavy atom. The van der Waals surface area contributed by atoms with Crippen molar-refractivity contribution in [2.45, 2.75) is 20.4 Å². The Morgan fingerprint density at radius 3 is 2.37 bits per heavy atom. The van der Waals surface area contributed by atoms with Crippen LogP contribution in [-0.2, 0) is 11.3 Å². The zero-order chi connectivity index (χ0) is 19.5. The highest BCUT2D eigenvalue weighted by atomic mass is 16.5. The van der Waals surface area contributed by atoms with Crippen LogP contribution in [0.4, 0.5) is 5.69 Å². The number of hydrogen-bond donors (Lipinski definition) is 3. The molecule has 0 fully saturated rings. The van der Waals surface area contributed by atoms with E-state index in [1.165, 1.54) is 0 Å². The maximum absolute atomic E-state index is 11.7. The quantitative estimate of drug-likeness (QED) is 0.380. The molecule has 3 N–H and O–H groups in total. The second-order valence-corrected chi connectivity index (χ2v) is 6.35. The Hall–Kier alpha value is -3.02. The lowest BCUT2D eigenvalue weighted by Crippen LogP contribution is -2.38. The lowest BCUT2D eigenvalue weighted by atomic mass is 10.1. The molecule has 27 heavy (non-hydrogen) atoms. The molecule has 0 saturated carbocycles. The van der Waals surface area contributed by atoms with Crippen molar-refractivity contribution >= 4 is 17.6 Å². The summed E-state index contributed by atoms with van der Waals surface area (Å²) in [7, 11) is 1.73. The molecular formula is C21H28N4O2. The second-order valence-electron chi connectivity index (χ2n) is 6.35. The number of benzene rings is 2. The van der Waals surface area contributed by atoms with Gasteiger partial charge >= 0.3 is 0 Å². The monoisotopic (exact) mass is 368 g/mol. The molecule has 6 nitrogen and oxygen atoms in total. The highest BCUT2D eigenvalue weighted by Gasteiger charge is 2.06. The summed E-state index contributed by atoms with van der Waals surface area (Å²) in [5.74, 6) is 1.55. The maximum Gasteiger partial charge on any atom is 0.226 e. The molecule has 2 rings (SSSR count). The Kier molecular flexibility index (Phi) is 8.16. The van der Waals surface area contributed by atoms with E-state index < -0.39 is 0 Å². The van der Waals surface area contributed by atoms with Gasteiger partial charge in [0.2, 0.25) is 5.91 Å². The largest absolute Gasteiger partial charge is 0.492 e. The fourth-order valence-corrected chi connectivity index (χ4v) is 2.25. The fourth-order valence-electron chi connectivity index (χ4n) is 2.25. The summed E-state index contributed by atoms with van der Waals surface area (Å²) < 4.78 is 5.65. The van der Waals surface area contributed by atoms with Crippen molar-refractivity contribution in [3.63, 3.8) is 0 Å². The molecule has 0 aliphatic heterocycles. The van der Waals surface area contributed by atoms with Gasteiger partial charge in [-0.05, 0) is 29.8 Å². The first-order chi connectivity index (χ1) is 13.1. The number of aliphatic imine (C=N–C) groups is 1.